The van der Waals surface area contributed by atoms with Crippen LogP contribution in [0.25, 0.3) is 0 Å². The van der Waals surface area contributed by atoms with Crippen molar-refractivity contribution in [2.24, 2.45) is 10.8 Å². The average Bonchev–Trinajstić information content (AvgIpc) is 3.02. The fourth-order valence-electron chi connectivity index (χ4n) is 2.08. The Morgan fingerprint density at radius 2 is 2.35 bits per heavy atom. The number of carbonyl (C=O) groups excluding carboxylic acids is 2. The second-order valence-electron chi connectivity index (χ2n) is 4.82. The first-order valence-corrected chi connectivity index (χ1v) is 8.56. The molecule has 1 aliphatic heterocycles. The van der Waals surface area contributed by atoms with E-state index in [2.05, 4.69) is 4.99 Å². The first-order valence-electron chi connectivity index (χ1n) is 6.76. The van der Waals surface area contributed by atoms with Crippen molar-refractivity contribution in [2.75, 3.05) is 24.6 Å². The Morgan fingerprint density at radius 3 is 2.96 bits per heavy atom. The maximum atomic E-state index is 12.2. The van der Waals surface area contributed by atoms with Gasteiger partial charge in [0.2, 0.25) is 12.1 Å². The summed E-state index contributed by atoms with van der Waals surface area (Å²) >= 11 is 2.52. The second-order valence-corrected chi connectivity index (χ2v) is 7.02. The van der Waals surface area contributed by atoms with Gasteiger partial charge < -0.3 is 5.73 Å². The van der Waals surface area contributed by atoms with Crippen molar-refractivity contribution < 1.29 is 9.59 Å². The van der Waals surface area contributed by atoms with Crippen LogP contribution in [0.5, 0.6) is 0 Å². The van der Waals surface area contributed by atoms with E-state index in [9.17, 15) is 9.59 Å². The predicted octanol–water partition coefficient (Wildman–Crippen LogP) is 0.757. The minimum Gasteiger partial charge on any atom is -0.397 e. The third kappa shape index (κ3) is 4.01. The molecule has 0 aromatic carbocycles. The molecule has 8 nitrogen and oxygen atoms in total. The maximum Gasteiger partial charge on any atom is 0.279 e. The van der Waals surface area contributed by atoms with Gasteiger partial charge in [-0.1, -0.05) is 11.8 Å². The van der Waals surface area contributed by atoms with E-state index >= 15 is 0 Å². The van der Waals surface area contributed by atoms with Gasteiger partial charge in [-0.3, -0.25) is 19.5 Å². The molecule has 10 heteroatoms. The molecule has 1 aromatic rings. The number of rotatable bonds is 5. The highest BCUT2D eigenvalue weighted by Gasteiger charge is 2.28. The molecule has 1 aliphatic rings. The molecular weight excluding hydrogens is 336 g/mol. The van der Waals surface area contributed by atoms with Gasteiger partial charge in [-0.05, 0) is 19.4 Å². The molecule has 1 aromatic heterocycles. The molecular formula is C13H16N6O2S2. The molecule has 0 radical (unpaired) electrons. The summed E-state index contributed by atoms with van der Waals surface area (Å²) in [5.41, 5.74) is 6.20. The molecule has 4 N–H and O–H groups in total. The lowest BCUT2D eigenvalue weighted by Crippen LogP contribution is -2.40. The molecule has 1 fully saturated rings. The summed E-state index contributed by atoms with van der Waals surface area (Å²) in [6, 6.07) is 1.73. The van der Waals surface area contributed by atoms with Crippen molar-refractivity contribution in [3.63, 3.8) is 0 Å². The summed E-state index contributed by atoms with van der Waals surface area (Å²) in [5.74, 6) is 5.62. The maximum absolute atomic E-state index is 12.2. The van der Waals surface area contributed by atoms with Gasteiger partial charge in [0.05, 0.1) is 11.4 Å². The number of nitrogen functional groups attached to an aromatic ring is 1. The van der Waals surface area contributed by atoms with E-state index in [1.54, 1.807) is 12.3 Å². The van der Waals surface area contributed by atoms with Crippen molar-refractivity contribution in [3.05, 3.63) is 15.8 Å². The topological polar surface area (TPSA) is 129 Å². The van der Waals surface area contributed by atoms with Crippen LogP contribution in [-0.4, -0.2) is 45.7 Å². The monoisotopic (exact) mass is 352 g/mol. The molecule has 2 amide bonds. The van der Waals surface area contributed by atoms with Crippen LogP contribution in [0, 0.1) is 18.4 Å². The zero-order valence-electron chi connectivity index (χ0n) is 12.5. The first kappa shape index (κ1) is 17.3. The average molecular weight is 352 g/mol. The van der Waals surface area contributed by atoms with E-state index in [1.165, 1.54) is 28.0 Å². The van der Waals surface area contributed by atoms with Crippen molar-refractivity contribution in [1.29, 1.82) is 5.26 Å². The Morgan fingerprint density at radius 1 is 1.61 bits per heavy atom. The SMILES string of the molecule is Cc1cc(N)c(C(=O)N(N)CCCN2C(=O)CSC2=NC#N)s1. The minimum absolute atomic E-state index is 0.1000. The Bertz CT molecular complexity index is 693. The summed E-state index contributed by atoms with van der Waals surface area (Å²) in [5, 5.41) is 10.1. The first-order chi connectivity index (χ1) is 10.9. The second kappa shape index (κ2) is 7.45. The summed E-state index contributed by atoms with van der Waals surface area (Å²) in [7, 11) is 0. The summed E-state index contributed by atoms with van der Waals surface area (Å²) in [4.78, 5) is 30.4. The third-order valence-corrected chi connectivity index (χ3v) is 5.14. The number of amides is 2. The fraction of sp³-hybridized carbons (Fsp3) is 0.385. The number of nitrogens with two attached hydrogens (primary N) is 2. The highest BCUT2D eigenvalue weighted by Crippen LogP contribution is 2.25. The number of hydrogen-bond acceptors (Lipinski definition) is 8. The lowest BCUT2D eigenvalue weighted by Gasteiger charge is -2.19. The number of amidine groups is 1. The number of hydrogen-bond donors (Lipinski definition) is 2. The molecule has 122 valence electrons. The van der Waals surface area contributed by atoms with Crippen LogP contribution in [0.1, 0.15) is 21.0 Å². The molecule has 1 saturated heterocycles. The Labute approximate surface area is 141 Å². The van der Waals surface area contributed by atoms with E-state index in [4.69, 9.17) is 16.8 Å². The van der Waals surface area contributed by atoms with E-state index < -0.39 is 0 Å². The van der Waals surface area contributed by atoms with Gasteiger partial charge in [0.25, 0.3) is 5.91 Å². The molecule has 0 aliphatic carbocycles. The van der Waals surface area contributed by atoms with Crippen molar-refractivity contribution in [2.45, 2.75) is 13.3 Å². The van der Waals surface area contributed by atoms with E-state index in [0.29, 0.717) is 28.7 Å². The number of thiophene rings is 1. The van der Waals surface area contributed by atoms with Gasteiger partial charge in [0.1, 0.15) is 4.88 Å². The Kier molecular flexibility index (Phi) is 5.59. The van der Waals surface area contributed by atoms with Crippen molar-refractivity contribution in [3.8, 4) is 6.19 Å². The Balaban J connectivity index is 1.90. The van der Waals surface area contributed by atoms with E-state index in [1.807, 2.05) is 6.92 Å². The number of nitrogens with zero attached hydrogens (tertiary/aromatic N) is 4. The number of nitriles is 1. The fourth-order valence-corrected chi connectivity index (χ4v) is 3.83. The predicted molar refractivity (Wildman–Crippen MR) is 90.5 cm³/mol. The molecule has 0 bridgehead atoms. The molecule has 0 spiro atoms. The highest BCUT2D eigenvalue weighted by molar-refractivity contribution is 8.15. The summed E-state index contributed by atoms with van der Waals surface area (Å²) in [6.07, 6.45) is 2.15. The summed E-state index contributed by atoms with van der Waals surface area (Å²) in [6.45, 7) is 2.49. The summed E-state index contributed by atoms with van der Waals surface area (Å²) < 4.78 is 0. The smallest absolute Gasteiger partial charge is 0.279 e. The largest absolute Gasteiger partial charge is 0.397 e. The number of hydrazine groups is 1. The van der Waals surface area contributed by atoms with Gasteiger partial charge in [0.15, 0.2) is 5.17 Å². The number of thioether (sulfide) groups is 1. The standard InChI is InChI=1S/C13H16N6O2S2/c1-8-5-9(15)11(23-8)12(21)19(16)4-2-3-18-10(20)6-22-13(18)17-7-14/h5H,2-4,6,15-16H2,1H3. The minimum atomic E-state index is -0.339. The molecule has 23 heavy (non-hydrogen) atoms. The van der Waals surface area contributed by atoms with Crippen LogP contribution in [0.3, 0.4) is 0 Å². The molecule has 2 rings (SSSR count). The van der Waals surface area contributed by atoms with Crippen LogP contribution in [0.15, 0.2) is 11.1 Å². The van der Waals surface area contributed by atoms with Crippen LogP contribution in [0.4, 0.5) is 5.69 Å². The van der Waals surface area contributed by atoms with Gasteiger partial charge >= 0.3 is 0 Å². The number of carbonyl (C=O) groups is 2. The van der Waals surface area contributed by atoms with Gasteiger partial charge in [0, 0.05) is 18.0 Å². The van der Waals surface area contributed by atoms with Crippen LogP contribution in [0.2, 0.25) is 0 Å². The number of aliphatic imine (C=N–C) groups is 1. The Hall–Kier alpha value is -2.09. The van der Waals surface area contributed by atoms with Crippen molar-refractivity contribution in [1.82, 2.24) is 9.91 Å². The molecule has 0 atom stereocenters. The van der Waals surface area contributed by atoms with Gasteiger partial charge in [-0.2, -0.15) is 5.26 Å². The van der Waals surface area contributed by atoms with Crippen LogP contribution in [-0.2, 0) is 4.79 Å². The highest BCUT2D eigenvalue weighted by atomic mass is 32.2. The normalized spacial score (nSPS) is 16.0. The lowest BCUT2D eigenvalue weighted by molar-refractivity contribution is -0.124. The molecule has 2 heterocycles. The zero-order valence-corrected chi connectivity index (χ0v) is 14.1. The van der Waals surface area contributed by atoms with E-state index in [0.717, 1.165) is 9.89 Å². The van der Waals surface area contributed by atoms with E-state index in [-0.39, 0.29) is 24.1 Å². The third-order valence-electron chi connectivity index (χ3n) is 3.12. The number of aryl methyl sites for hydroxylation is 1. The molecule has 0 saturated carbocycles. The zero-order chi connectivity index (χ0) is 17.0. The van der Waals surface area contributed by atoms with Crippen molar-refractivity contribution >= 4 is 45.8 Å². The van der Waals surface area contributed by atoms with Crippen LogP contribution >= 0.6 is 23.1 Å². The van der Waals surface area contributed by atoms with Gasteiger partial charge in [-0.15, -0.1) is 16.3 Å². The number of anilines is 1. The quantitative estimate of drug-likeness (QED) is 0.348. The molecule has 0 unspecified atom stereocenters. The lowest BCUT2D eigenvalue weighted by atomic mass is 10.3. The van der Waals surface area contributed by atoms with Gasteiger partial charge in [-0.25, -0.2) is 5.84 Å². The van der Waals surface area contributed by atoms with Crippen LogP contribution < -0.4 is 11.6 Å².